The summed E-state index contributed by atoms with van der Waals surface area (Å²) in [5.74, 6) is 0. The number of hydrogen-bond acceptors (Lipinski definition) is 2. The van der Waals surface area contributed by atoms with Crippen LogP contribution in [0, 0.1) is 0 Å². The van der Waals surface area contributed by atoms with E-state index in [0.29, 0.717) is 11.4 Å². The van der Waals surface area contributed by atoms with E-state index in [0.717, 1.165) is 5.69 Å². The summed E-state index contributed by atoms with van der Waals surface area (Å²) < 4.78 is 5.17. The Hall–Kier alpha value is -1.05. The van der Waals surface area contributed by atoms with Crippen LogP contribution in [0.2, 0.25) is 0 Å². The van der Waals surface area contributed by atoms with Crippen molar-refractivity contribution >= 4 is 26.5 Å². The Balaban J connectivity index is 2.60. The summed E-state index contributed by atoms with van der Waals surface area (Å²) in [6.45, 7) is 4.02. The van der Waals surface area contributed by atoms with E-state index >= 15 is 0 Å². The molecule has 2 nitrogen and oxygen atoms in total. The normalized spacial score (nSPS) is 10.9. The van der Waals surface area contributed by atoms with Crippen molar-refractivity contribution in [3.63, 3.8) is 0 Å². The average molecular weight is 239 g/mol. The van der Waals surface area contributed by atoms with Crippen LogP contribution in [-0.2, 0) is 4.74 Å². The first kappa shape index (κ1) is 10.0. The van der Waals surface area contributed by atoms with Gasteiger partial charge in [0, 0.05) is 0 Å². The van der Waals surface area contributed by atoms with E-state index in [1.165, 1.54) is 0 Å². The molecule has 0 unspecified atom stereocenters. The molecule has 67 valence electrons. The first-order valence-corrected chi connectivity index (χ1v) is 4.73. The van der Waals surface area contributed by atoms with E-state index in [1.54, 1.807) is 6.08 Å². The molecule has 1 aromatic carbocycles. The Kier molecular flexibility index (Phi) is 4.30. The van der Waals surface area contributed by atoms with Gasteiger partial charge in [0.05, 0.1) is 0 Å². The van der Waals surface area contributed by atoms with Gasteiger partial charge < -0.3 is 0 Å². The Morgan fingerprint density at radius 3 is 2.77 bits per heavy atom. The quantitative estimate of drug-likeness (QED) is 0.342. The fourth-order valence-corrected chi connectivity index (χ4v) is 1.13. The third kappa shape index (κ3) is 3.92. The molecule has 0 N–H and O–H groups in total. The molecule has 0 atom stereocenters. The molecule has 0 bridgehead atoms. The second-order valence-corrected chi connectivity index (χ2v) is 3.05. The molecule has 13 heavy (non-hydrogen) atoms. The molecular weight excluding hydrogens is 229 g/mol. The third-order valence-electron chi connectivity index (χ3n) is 1.30. The fraction of sp³-hybridized carbons (Fsp3) is 0.100. The molecule has 0 heterocycles. The van der Waals surface area contributed by atoms with Crippen LogP contribution in [0.3, 0.4) is 0 Å². The van der Waals surface area contributed by atoms with E-state index in [1.807, 2.05) is 30.3 Å². The Morgan fingerprint density at radius 2 is 2.15 bits per heavy atom. The molecule has 0 aliphatic rings. The number of hydrogen-bond donors (Lipinski definition) is 0. The number of nitrogens with zero attached hydrogens (tertiary/aromatic N) is 1. The van der Waals surface area contributed by atoms with Crippen LogP contribution in [0.5, 0.6) is 0 Å². The molecule has 0 saturated heterocycles. The van der Waals surface area contributed by atoms with Gasteiger partial charge in [-0.25, -0.2) is 0 Å². The zero-order chi connectivity index (χ0) is 9.52. The number of benzene rings is 1. The summed E-state index contributed by atoms with van der Waals surface area (Å²) in [6, 6.07) is 9.63. The van der Waals surface area contributed by atoms with Gasteiger partial charge in [0.2, 0.25) is 0 Å². The Bertz CT molecular complexity index is 295. The summed E-state index contributed by atoms with van der Waals surface area (Å²) >= 11 is 2.74. The molecule has 0 amide bonds. The minimum atomic E-state index is 0.471. The molecule has 0 saturated carbocycles. The van der Waals surface area contributed by atoms with E-state index in [4.69, 9.17) is 4.74 Å². The number of para-hydroxylation sites is 1. The zero-order valence-corrected chi connectivity index (χ0v) is 8.86. The van der Waals surface area contributed by atoms with Crippen molar-refractivity contribution < 1.29 is 4.74 Å². The SMILES string of the molecule is C=CCOC([Se])=Nc1ccccc1. The standard InChI is InChI=1S/C10H10NOSe/c1-2-8-12-10(13)11-9-6-4-3-5-7-9/h2-7H,1,8H2. The zero-order valence-electron chi connectivity index (χ0n) is 7.14. The second kappa shape index (κ2) is 5.57. The second-order valence-electron chi connectivity index (χ2n) is 2.31. The van der Waals surface area contributed by atoms with Crippen LogP contribution >= 0.6 is 0 Å². The Labute approximate surface area is 86.1 Å². The first-order valence-electron chi connectivity index (χ1n) is 3.87. The summed E-state index contributed by atoms with van der Waals surface area (Å²) in [4.78, 5) is 4.72. The predicted molar refractivity (Wildman–Crippen MR) is 55.4 cm³/mol. The van der Waals surface area contributed by atoms with Gasteiger partial charge >= 0.3 is 85.8 Å². The van der Waals surface area contributed by atoms with Crippen LogP contribution in [0.4, 0.5) is 5.69 Å². The average Bonchev–Trinajstić information content (AvgIpc) is 2.16. The maximum absolute atomic E-state index is 5.17. The predicted octanol–water partition coefficient (Wildman–Crippen LogP) is 2.05. The monoisotopic (exact) mass is 240 g/mol. The molecular formula is C10H10NOSe. The van der Waals surface area contributed by atoms with Crippen LogP contribution in [0.15, 0.2) is 48.0 Å². The molecule has 0 fully saturated rings. The molecule has 3 heteroatoms. The molecule has 0 aromatic heterocycles. The number of aliphatic imine (C=N–C) groups is 1. The van der Waals surface area contributed by atoms with Gasteiger partial charge in [0.15, 0.2) is 0 Å². The van der Waals surface area contributed by atoms with Crippen molar-refractivity contribution in [3.05, 3.63) is 43.0 Å². The van der Waals surface area contributed by atoms with Gasteiger partial charge in [0.25, 0.3) is 0 Å². The van der Waals surface area contributed by atoms with Crippen molar-refractivity contribution in [3.8, 4) is 0 Å². The summed E-state index contributed by atoms with van der Waals surface area (Å²) in [5, 5.41) is 0. The summed E-state index contributed by atoms with van der Waals surface area (Å²) in [5.41, 5.74) is 0.875. The molecule has 0 spiro atoms. The summed E-state index contributed by atoms with van der Waals surface area (Å²) in [6.07, 6.45) is 1.68. The third-order valence-corrected chi connectivity index (χ3v) is 1.74. The van der Waals surface area contributed by atoms with E-state index in [-0.39, 0.29) is 0 Å². The Morgan fingerprint density at radius 1 is 1.46 bits per heavy atom. The summed E-state index contributed by atoms with van der Waals surface area (Å²) in [7, 11) is 0. The van der Waals surface area contributed by atoms with Crippen molar-refractivity contribution in [2.24, 2.45) is 4.99 Å². The van der Waals surface area contributed by atoms with Crippen molar-refractivity contribution in [1.82, 2.24) is 0 Å². The van der Waals surface area contributed by atoms with Gasteiger partial charge in [-0.15, -0.1) is 0 Å². The molecule has 1 rings (SSSR count). The first-order chi connectivity index (χ1) is 6.33. The van der Waals surface area contributed by atoms with Gasteiger partial charge in [-0.2, -0.15) is 0 Å². The van der Waals surface area contributed by atoms with Crippen LogP contribution in [-0.4, -0.2) is 27.4 Å². The maximum atomic E-state index is 5.17. The van der Waals surface area contributed by atoms with Crippen molar-refractivity contribution in [1.29, 1.82) is 0 Å². The molecule has 1 radical (unpaired) electrons. The molecule has 0 aliphatic heterocycles. The van der Waals surface area contributed by atoms with Gasteiger partial charge in [-0.3, -0.25) is 0 Å². The number of ether oxygens (including phenoxy) is 1. The van der Waals surface area contributed by atoms with Crippen molar-refractivity contribution in [2.75, 3.05) is 6.61 Å². The van der Waals surface area contributed by atoms with Crippen molar-refractivity contribution in [2.45, 2.75) is 0 Å². The topological polar surface area (TPSA) is 21.6 Å². The van der Waals surface area contributed by atoms with E-state index < -0.39 is 0 Å². The van der Waals surface area contributed by atoms with Crippen LogP contribution < -0.4 is 0 Å². The van der Waals surface area contributed by atoms with Crippen LogP contribution in [0.25, 0.3) is 0 Å². The van der Waals surface area contributed by atoms with Gasteiger partial charge in [-0.1, -0.05) is 0 Å². The van der Waals surface area contributed by atoms with E-state index in [2.05, 4.69) is 27.6 Å². The molecule has 1 aromatic rings. The van der Waals surface area contributed by atoms with Gasteiger partial charge in [-0.05, 0) is 0 Å². The number of rotatable bonds is 3. The molecule has 0 aliphatic carbocycles. The fourth-order valence-electron chi connectivity index (χ4n) is 0.770. The van der Waals surface area contributed by atoms with Gasteiger partial charge in [0.1, 0.15) is 0 Å². The van der Waals surface area contributed by atoms with Crippen LogP contribution in [0.1, 0.15) is 0 Å². The minimum absolute atomic E-state index is 0.471. The van der Waals surface area contributed by atoms with E-state index in [9.17, 15) is 0 Å².